The molecule has 0 bridgehead atoms. The summed E-state index contributed by atoms with van der Waals surface area (Å²) in [5.41, 5.74) is 1.77. The summed E-state index contributed by atoms with van der Waals surface area (Å²) < 4.78 is 35.5. The fraction of sp³-hybridized carbons (Fsp3) is 0.235. The summed E-state index contributed by atoms with van der Waals surface area (Å²) in [6.07, 6.45) is 1.70. The van der Waals surface area contributed by atoms with Crippen LogP contribution in [0.3, 0.4) is 0 Å². The Labute approximate surface area is 146 Å². The van der Waals surface area contributed by atoms with E-state index in [4.69, 9.17) is 9.47 Å². The first kappa shape index (κ1) is 17.1. The van der Waals surface area contributed by atoms with Gasteiger partial charge in [0, 0.05) is 17.8 Å². The number of anilines is 1. The first-order valence-corrected chi connectivity index (χ1v) is 9.54. The highest BCUT2D eigenvalue weighted by Crippen LogP contribution is 2.32. The normalized spacial score (nSPS) is 12.7. The third kappa shape index (κ3) is 4.63. The number of carbonyl (C=O) groups excluding carboxylic acids is 1. The van der Waals surface area contributed by atoms with Gasteiger partial charge in [-0.1, -0.05) is 12.1 Å². The molecule has 3 rings (SSSR count). The number of carbonyl (C=O) groups is 1. The number of nitrogens with one attached hydrogen (secondary N) is 2. The van der Waals surface area contributed by atoms with Crippen LogP contribution in [0, 0.1) is 0 Å². The zero-order valence-electron chi connectivity index (χ0n) is 13.6. The van der Waals surface area contributed by atoms with E-state index in [0.717, 1.165) is 17.6 Å². The quantitative estimate of drug-likeness (QED) is 0.817. The fourth-order valence-electron chi connectivity index (χ4n) is 2.46. The third-order valence-electron chi connectivity index (χ3n) is 3.56. The Morgan fingerprint density at radius 2 is 1.92 bits per heavy atom. The maximum absolute atomic E-state index is 12.2. The van der Waals surface area contributed by atoms with Crippen LogP contribution in [0.25, 0.3) is 0 Å². The largest absolute Gasteiger partial charge is 0.454 e. The molecule has 8 heteroatoms. The molecule has 0 radical (unpaired) electrons. The van der Waals surface area contributed by atoms with Crippen molar-refractivity contribution in [3.63, 3.8) is 0 Å². The van der Waals surface area contributed by atoms with Crippen LogP contribution in [0.5, 0.6) is 11.5 Å². The summed E-state index contributed by atoms with van der Waals surface area (Å²) in [6, 6.07) is 12.0. The molecule has 0 unspecified atom stereocenters. The van der Waals surface area contributed by atoms with Gasteiger partial charge in [-0.3, -0.25) is 9.52 Å². The van der Waals surface area contributed by atoms with E-state index < -0.39 is 10.0 Å². The molecule has 2 N–H and O–H groups in total. The second-order valence-electron chi connectivity index (χ2n) is 5.65. The Morgan fingerprint density at radius 1 is 1.12 bits per heavy atom. The SMILES string of the molecule is CS(=O)(=O)Nc1cccc(C(=O)NCCc2ccc3c(c2)OCO3)c1. The maximum atomic E-state index is 12.2. The van der Waals surface area contributed by atoms with Gasteiger partial charge in [-0.05, 0) is 42.3 Å². The minimum Gasteiger partial charge on any atom is -0.454 e. The van der Waals surface area contributed by atoms with Gasteiger partial charge in [0.1, 0.15) is 0 Å². The molecule has 1 aliphatic rings. The van der Waals surface area contributed by atoms with Gasteiger partial charge < -0.3 is 14.8 Å². The van der Waals surface area contributed by atoms with Gasteiger partial charge in [-0.15, -0.1) is 0 Å². The molecule has 0 aliphatic carbocycles. The van der Waals surface area contributed by atoms with E-state index in [9.17, 15) is 13.2 Å². The molecule has 2 aromatic rings. The van der Waals surface area contributed by atoms with Gasteiger partial charge in [0.05, 0.1) is 6.26 Å². The summed E-state index contributed by atoms with van der Waals surface area (Å²) >= 11 is 0. The number of amides is 1. The lowest BCUT2D eigenvalue weighted by Crippen LogP contribution is -2.25. The number of benzene rings is 2. The van der Waals surface area contributed by atoms with Crippen LogP contribution in [0.2, 0.25) is 0 Å². The van der Waals surface area contributed by atoms with Crippen LogP contribution < -0.4 is 19.5 Å². The van der Waals surface area contributed by atoms with Gasteiger partial charge in [0.15, 0.2) is 11.5 Å². The van der Waals surface area contributed by atoms with E-state index in [0.29, 0.717) is 30.0 Å². The Bertz CT molecular complexity index is 896. The van der Waals surface area contributed by atoms with Crippen LogP contribution >= 0.6 is 0 Å². The first-order valence-electron chi connectivity index (χ1n) is 7.65. The second-order valence-corrected chi connectivity index (χ2v) is 7.40. The molecular weight excluding hydrogens is 344 g/mol. The smallest absolute Gasteiger partial charge is 0.251 e. The molecule has 1 aliphatic heterocycles. The van der Waals surface area contributed by atoms with Crippen LogP contribution in [-0.2, 0) is 16.4 Å². The van der Waals surface area contributed by atoms with E-state index in [1.165, 1.54) is 6.07 Å². The number of hydrogen-bond donors (Lipinski definition) is 2. The molecule has 0 saturated heterocycles. The van der Waals surface area contributed by atoms with Crippen molar-refractivity contribution < 1.29 is 22.7 Å². The van der Waals surface area contributed by atoms with E-state index in [1.54, 1.807) is 18.2 Å². The number of ether oxygens (including phenoxy) is 2. The summed E-state index contributed by atoms with van der Waals surface area (Å²) in [5.74, 6) is 1.17. The average Bonchev–Trinajstić information content (AvgIpc) is 3.01. The molecule has 0 spiro atoms. The van der Waals surface area contributed by atoms with Crippen molar-refractivity contribution in [1.29, 1.82) is 0 Å². The molecule has 1 amide bonds. The van der Waals surface area contributed by atoms with Gasteiger partial charge in [0.2, 0.25) is 16.8 Å². The first-order chi connectivity index (χ1) is 11.9. The molecule has 0 fully saturated rings. The van der Waals surface area contributed by atoms with Crippen molar-refractivity contribution in [3.05, 3.63) is 53.6 Å². The van der Waals surface area contributed by atoms with E-state index in [1.807, 2.05) is 18.2 Å². The Morgan fingerprint density at radius 3 is 2.72 bits per heavy atom. The Balaban J connectivity index is 1.57. The number of sulfonamides is 1. The van der Waals surface area contributed by atoms with E-state index in [-0.39, 0.29) is 12.7 Å². The standard InChI is InChI=1S/C17H18N2O5S/c1-25(21,22)19-14-4-2-3-13(10-14)17(20)18-8-7-12-5-6-15-16(9-12)24-11-23-15/h2-6,9-10,19H,7-8,11H2,1H3,(H,18,20). The molecular formula is C17H18N2O5S. The number of fused-ring (bicyclic) bond motifs is 1. The Hall–Kier alpha value is -2.74. The predicted molar refractivity (Wildman–Crippen MR) is 93.5 cm³/mol. The van der Waals surface area contributed by atoms with Gasteiger partial charge in [-0.2, -0.15) is 0 Å². The van der Waals surface area contributed by atoms with Gasteiger partial charge >= 0.3 is 0 Å². The lowest BCUT2D eigenvalue weighted by atomic mass is 10.1. The van der Waals surface area contributed by atoms with Crippen molar-refractivity contribution >= 4 is 21.6 Å². The number of hydrogen-bond acceptors (Lipinski definition) is 5. The van der Waals surface area contributed by atoms with Crippen molar-refractivity contribution in [1.82, 2.24) is 5.32 Å². The molecule has 25 heavy (non-hydrogen) atoms. The molecule has 0 atom stereocenters. The van der Waals surface area contributed by atoms with E-state index >= 15 is 0 Å². The summed E-state index contributed by atoms with van der Waals surface area (Å²) in [7, 11) is -3.38. The summed E-state index contributed by atoms with van der Waals surface area (Å²) in [6.45, 7) is 0.676. The van der Waals surface area contributed by atoms with Crippen molar-refractivity contribution in [2.45, 2.75) is 6.42 Å². The molecule has 0 saturated carbocycles. The third-order valence-corrected chi connectivity index (χ3v) is 4.17. The second kappa shape index (κ2) is 7.02. The zero-order chi connectivity index (χ0) is 17.9. The van der Waals surface area contributed by atoms with Crippen molar-refractivity contribution in [2.24, 2.45) is 0 Å². The zero-order valence-corrected chi connectivity index (χ0v) is 14.4. The monoisotopic (exact) mass is 362 g/mol. The molecule has 0 aromatic heterocycles. The van der Waals surface area contributed by atoms with E-state index in [2.05, 4.69) is 10.0 Å². The van der Waals surface area contributed by atoms with Gasteiger partial charge in [-0.25, -0.2) is 8.42 Å². The topological polar surface area (TPSA) is 93.7 Å². The lowest BCUT2D eigenvalue weighted by molar-refractivity contribution is 0.0954. The fourth-order valence-corrected chi connectivity index (χ4v) is 3.01. The van der Waals surface area contributed by atoms with Crippen molar-refractivity contribution in [2.75, 3.05) is 24.3 Å². The highest BCUT2D eigenvalue weighted by Gasteiger charge is 2.13. The summed E-state index contributed by atoms with van der Waals surface area (Å²) in [4.78, 5) is 12.2. The van der Waals surface area contributed by atoms with Crippen molar-refractivity contribution in [3.8, 4) is 11.5 Å². The highest BCUT2D eigenvalue weighted by molar-refractivity contribution is 7.92. The molecule has 1 heterocycles. The van der Waals surface area contributed by atoms with Crippen LogP contribution in [-0.4, -0.2) is 33.9 Å². The average molecular weight is 362 g/mol. The molecule has 2 aromatic carbocycles. The summed E-state index contributed by atoms with van der Waals surface area (Å²) in [5, 5.41) is 2.82. The molecule has 132 valence electrons. The predicted octanol–water partition coefficient (Wildman–Crippen LogP) is 1.76. The minimum absolute atomic E-state index is 0.230. The van der Waals surface area contributed by atoms with Crippen LogP contribution in [0.1, 0.15) is 15.9 Å². The molecule has 7 nitrogen and oxygen atoms in total. The number of rotatable bonds is 6. The maximum Gasteiger partial charge on any atom is 0.251 e. The lowest BCUT2D eigenvalue weighted by Gasteiger charge is -2.08. The van der Waals surface area contributed by atoms with Gasteiger partial charge in [0.25, 0.3) is 5.91 Å². The highest BCUT2D eigenvalue weighted by atomic mass is 32.2. The van der Waals surface area contributed by atoms with Crippen LogP contribution in [0.15, 0.2) is 42.5 Å². The Kier molecular flexibility index (Phi) is 4.80. The van der Waals surface area contributed by atoms with Crippen LogP contribution in [0.4, 0.5) is 5.69 Å². The minimum atomic E-state index is -3.38.